The normalized spacial score (nSPS) is 19.2. The highest BCUT2D eigenvalue weighted by Gasteiger charge is 2.31. The van der Waals surface area contributed by atoms with Gasteiger partial charge in [-0.25, -0.2) is 0 Å². The molecule has 1 aliphatic rings. The summed E-state index contributed by atoms with van der Waals surface area (Å²) in [5.41, 5.74) is 15.2. The van der Waals surface area contributed by atoms with Gasteiger partial charge in [0.2, 0.25) is 5.95 Å². The molecule has 3 heterocycles. The van der Waals surface area contributed by atoms with Gasteiger partial charge in [0.15, 0.2) is 0 Å². The van der Waals surface area contributed by atoms with Gasteiger partial charge >= 0.3 is 0 Å². The van der Waals surface area contributed by atoms with Crippen LogP contribution in [0.25, 0.3) is 11.0 Å². The molecule has 9 nitrogen and oxygen atoms in total. The number of hydrogen-bond donors (Lipinski definition) is 3. The molecular formula is C20H32N8OSi. The number of anilines is 3. The fourth-order valence-corrected chi connectivity index (χ4v) is 4.54. The Morgan fingerprint density at radius 3 is 2.63 bits per heavy atom. The molecule has 0 amide bonds. The Kier molecular flexibility index (Phi) is 5.56. The lowest BCUT2D eigenvalue weighted by Gasteiger charge is -2.32. The summed E-state index contributed by atoms with van der Waals surface area (Å²) >= 11 is 0. The Morgan fingerprint density at radius 1 is 1.23 bits per heavy atom. The molecular weight excluding hydrogens is 396 g/mol. The zero-order valence-corrected chi connectivity index (χ0v) is 19.2. The standard InChI is InChI=1S/C20H32N8OSi/c1-27-10-15(9-23-27)24-20-25-18(22)17-16(13-7-14(21)8-13)11-28(19(17)26-20)12-29-5-6-30(2,3)4/h9-11,13-14H,5-8,12,21H2,1-4H3,(H3,22,24,25,26). The van der Waals surface area contributed by atoms with Gasteiger partial charge in [0, 0.05) is 40.2 Å². The lowest BCUT2D eigenvalue weighted by Crippen LogP contribution is -2.34. The van der Waals surface area contributed by atoms with E-state index in [9.17, 15) is 0 Å². The number of nitrogens with zero attached hydrogens (tertiary/aromatic N) is 5. The van der Waals surface area contributed by atoms with Gasteiger partial charge in [0.1, 0.15) is 18.2 Å². The summed E-state index contributed by atoms with van der Waals surface area (Å²) in [7, 11) is 0.726. The van der Waals surface area contributed by atoms with E-state index in [1.165, 1.54) is 5.56 Å². The minimum Gasteiger partial charge on any atom is -0.383 e. The molecule has 3 aromatic heterocycles. The number of rotatable bonds is 8. The highest BCUT2D eigenvalue weighted by atomic mass is 28.3. The van der Waals surface area contributed by atoms with Crippen LogP contribution in [0.1, 0.15) is 24.3 Å². The molecule has 0 unspecified atom stereocenters. The summed E-state index contributed by atoms with van der Waals surface area (Å²) in [4.78, 5) is 9.28. The van der Waals surface area contributed by atoms with E-state index >= 15 is 0 Å². The number of aromatic nitrogens is 5. The van der Waals surface area contributed by atoms with Crippen molar-refractivity contribution in [2.45, 2.75) is 57.2 Å². The molecule has 30 heavy (non-hydrogen) atoms. The molecule has 0 aromatic carbocycles. The number of fused-ring (bicyclic) bond motifs is 1. The molecule has 0 atom stereocenters. The SMILES string of the molecule is Cn1cc(Nc2nc(N)c3c(C4CC(N)C4)cn(COCC[Si](C)(C)C)c3n2)cn1. The van der Waals surface area contributed by atoms with Crippen molar-refractivity contribution >= 4 is 36.6 Å². The van der Waals surface area contributed by atoms with Crippen LogP contribution in [-0.2, 0) is 18.5 Å². The molecule has 10 heteroatoms. The lowest BCUT2D eigenvalue weighted by molar-refractivity contribution is 0.0897. The zero-order valence-electron chi connectivity index (χ0n) is 18.2. The summed E-state index contributed by atoms with van der Waals surface area (Å²) in [6, 6.07) is 1.39. The predicted octanol–water partition coefficient (Wildman–Crippen LogP) is 3.01. The maximum atomic E-state index is 6.40. The second-order valence-corrected chi connectivity index (χ2v) is 15.1. The number of nitrogen functional groups attached to an aromatic ring is 1. The predicted molar refractivity (Wildman–Crippen MR) is 122 cm³/mol. The molecule has 3 aromatic rings. The molecule has 0 spiro atoms. The van der Waals surface area contributed by atoms with E-state index < -0.39 is 8.07 Å². The summed E-state index contributed by atoms with van der Waals surface area (Å²) in [5, 5.41) is 8.28. The van der Waals surface area contributed by atoms with Crippen LogP contribution in [0.15, 0.2) is 18.6 Å². The molecule has 4 rings (SSSR count). The molecule has 162 valence electrons. The van der Waals surface area contributed by atoms with E-state index in [2.05, 4.69) is 41.2 Å². The first-order valence-corrected chi connectivity index (χ1v) is 14.2. The van der Waals surface area contributed by atoms with Crippen molar-refractivity contribution in [2.75, 3.05) is 17.7 Å². The van der Waals surface area contributed by atoms with Crippen LogP contribution in [0.3, 0.4) is 0 Å². The molecule has 0 radical (unpaired) electrons. The number of aryl methyl sites for hydroxylation is 1. The van der Waals surface area contributed by atoms with Crippen molar-refractivity contribution in [2.24, 2.45) is 12.8 Å². The molecule has 0 saturated heterocycles. The topological polar surface area (TPSA) is 122 Å². The van der Waals surface area contributed by atoms with Crippen LogP contribution < -0.4 is 16.8 Å². The van der Waals surface area contributed by atoms with Crippen molar-refractivity contribution < 1.29 is 4.74 Å². The van der Waals surface area contributed by atoms with Gasteiger partial charge in [-0.15, -0.1) is 0 Å². The molecule has 5 N–H and O–H groups in total. The third-order valence-electron chi connectivity index (χ3n) is 5.58. The summed E-state index contributed by atoms with van der Waals surface area (Å²) in [6.07, 6.45) is 7.64. The van der Waals surface area contributed by atoms with Crippen molar-refractivity contribution in [3.63, 3.8) is 0 Å². The minimum absolute atomic E-state index is 0.259. The van der Waals surface area contributed by atoms with Gasteiger partial charge in [0.25, 0.3) is 0 Å². The van der Waals surface area contributed by atoms with E-state index in [-0.39, 0.29) is 6.04 Å². The van der Waals surface area contributed by atoms with Crippen LogP contribution in [0, 0.1) is 0 Å². The third-order valence-corrected chi connectivity index (χ3v) is 7.28. The Morgan fingerprint density at radius 2 is 2.00 bits per heavy atom. The van der Waals surface area contributed by atoms with Gasteiger partial charge in [-0.3, -0.25) is 4.68 Å². The van der Waals surface area contributed by atoms with Gasteiger partial charge < -0.3 is 26.1 Å². The summed E-state index contributed by atoms with van der Waals surface area (Å²) < 4.78 is 9.78. The van der Waals surface area contributed by atoms with Crippen LogP contribution in [0.4, 0.5) is 17.5 Å². The lowest BCUT2D eigenvalue weighted by atomic mass is 9.76. The van der Waals surface area contributed by atoms with Gasteiger partial charge in [-0.1, -0.05) is 19.6 Å². The van der Waals surface area contributed by atoms with E-state index in [1.54, 1.807) is 10.9 Å². The smallest absolute Gasteiger partial charge is 0.231 e. The largest absolute Gasteiger partial charge is 0.383 e. The van der Waals surface area contributed by atoms with Crippen LogP contribution >= 0.6 is 0 Å². The van der Waals surface area contributed by atoms with E-state index in [4.69, 9.17) is 21.2 Å². The first kappa shape index (κ1) is 20.8. The van der Waals surface area contributed by atoms with Crippen molar-refractivity contribution in [1.29, 1.82) is 0 Å². The van der Waals surface area contributed by atoms with E-state index in [0.717, 1.165) is 42.2 Å². The minimum atomic E-state index is -1.14. The first-order chi connectivity index (χ1) is 14.2. The number of hydrogen-bond acceptors (Lipinski definition) is 7. The molecule has 0 aliphatic heterocycles. The van der Waals surface area contributed by atoms with E-state index in [0.29, 0.717) is 24.4 Å². The number of nitrogens with two attached hydrogens (primary N) is 2. The second-order valence-electron chi connectivity index (χ2n) is 9.49. The van der Waals surface area contributed by atoms with Crippen LogP contribution in [0.5, 0.6) is 0 Å². The summed E-state index contributed by atoms with van der Waals surface area (Å²) in [5.74, 6) is 1.32. The Bertz CT molecular complexity index is 1030. The maximum absolute atomic E-state index is 6.40. The highest BCUT2D eigenvalue weighted by molar-refractivity contribution is 6.76. The van der Waals surface area contributed by atoms with Gasteiger partial charge in [-0.2, -0.15) is 15.1 Å². The monoisotopic (exact) mass is 428 g/mol. The Balaban J connectivity index is 1.63. The van der Waals surface area contributed by atoms with Gasteiger partial charge in [-0.05, 0) is 30.4 Å². The van der Waals surface area contributed by atoms with Crippen molar-refractivity contribution in [3.05, 3.63) is 24.2 Å². The van der Waals surface area contributed by atoms with Gasteiger partial charge in [0.05, 0.1) is 17.3 Å². The average Bonchev–Trinajstić information content (AvgIpc) is 3.19. The molecule has 1 saturated carbocycles. The molecule has 1 aliphatic carbocycles. The average molecular weight is 429 g/mol. The fourth-order valence-electron chi connectivity index (χ4n) is 3.78. The quantitative estimate of drug-likeness (QED) is 0.372. The first-order valence-electron chi connectivity index (χ1n) is 10.4. The zero-order chi connectivity index (χ0) is 21.5. The summed E-state index contributed by atoms with van der Waals surface area (Å²) in [6.45, 7) is 8.25. The van der Waals surface area contributed by atoms with Crippen molar-refractivity contribution in [1.82, 2.24) is 24.3 Å². The van der Waals surface area contributed by atoms with Crippen LogP contribution in [0.2, 0.25) is 25.7 Å². The van der Waals surface area contributed by atoms with Crippen molar-refractivity contribution in [3.8, 4) is 0 Å². The maximum Gasteiger partial charge on any atom is 0.231 e. The molecule has 0 bridgehead atoms. The third kappa shape index (κ3) is 4.50. The second kappa shape index (κ2) is 8.01. The van der Waals surface area contributed by atoms with E-state index in [1.807, 2.05) is 17.8 Å². The number of ether oxygens (including phenoxy) is 1. The number of nitrogens with one attached hydrogen (secondary N) is 1. The Labute approximate surface area is 177 Å². The highest BCUT2D eigenvalue weighted by Crippen LogP contribution is 2.41. The Hall–Kier alpha value is -2.43. The molecule has 1 fully saturated rings. The fraction of sp³-hybridized carbons (Fsp3) is 0.550. The van der Waals surface area contributed by atoms with Crippen LogP contribution in [-0.4, -0.2) is 45.0 Å².